The minimum atomic E-state index is -0.478. The Balaban J connectivity index is 0.000000225. The van der Waals surface area contributed by atoms with Crippen LogP contribution in [0.3, 0.4) is 0 Å². The lowest BCUT2D eigenvalue weighted by Gasteiger charge is -2.14. The number of halogens is 1. The summed E-state index contributed by atoms with van der Waals surface area (Å²) in [6, 6.07) is 1.98. The summed E-state index contributed by atoms with van der Waals surface area (Å²) in [5, 5.41) is 19.0. The van der Waals surface area contributed by atoms with E-state index in [-0.39, 0.29) is 37.3 Å². The molecule has 0 amide bonds. The van der Waals surface area contributed by atoms with Gasteiger partial charge in [0, 0.05) is 18.8 Å². The summed E-state index contributed by atoms with van der Waals surface area (Å²) in [4.78, 5) is 41.3. The van der Waals surface area contributed by atoms with Gasteiger partial charge in [-0.15, -0.1) is 0 Å². The molecule has 2 fully saturated rings. The van der Waals surface area contributed by atoms with E-state index in [0.717, 1.165) is 30.4 Å². The van der Waals surface area contributed by atoms with Gasteiger partial charge in [-0.05, 0) is 60.8 Å². The maximum absolute atomic E-state index is 12.3. The smallest absolute Gasteiger partial charge is 0.353 e. The highest BCUT2D eigenvalue weighted by atomic mass is 127. The fourth-order valence-electron chi connectivity index (χ4n) is 5.47. The van der Waals surface area contributed by atoms with Crippen LogP contribution in [0.2, 0.25) is 0 Å². The number of hydrogen-bond acceptors (Lipinski definition) is 9. The highest BCUT2D eigenvalue weighted by molar-refractivity contribution is 14.1. The second kappa shape index (κ2) is 16.7. The van der Waals surface area contributed by atoms with Crippen LogP contribution in [0.1, 0.15) is 102 Å². The van der Waals surface area contributed by atoms with Crippen molar-refractivity contribution < 1.29 is 24.1 Å². The van der Waals surface area contributed by atoms with Crippen molar-refractivity contribution in [3.05, 3.63) is 59.1 Å². The van der Waals surface area contributed by atoms with E-state index in [1.165, 1.54) is 60.3 Å². The summed E-state index contributed by atoms with van der Waals surface area (Å²) < 4.78 is 20.2. The monoisotopic (exact) mass is 714 g/mol. The Morgan fingerprint density at radius 2 is 1.49 bits per heavy atom. The quantitative estimate of drug-likeness (QED) is 0.175. The maximum Gasteiger partial charge on any atom is 0.353 e. The summed E-state index contributed by atoms with van der Waals surface area (Å²) in [5.41, 5.74) is -0.825. The lowest BCUT2D eigenvalue weighted by Crippen LogP contribution is -2.33. The molecule has 4 atom stereocenters. The van der Waals surface area contributed by atoms with Crippen LogP contribution < -0.4 is 16.9 Å². The van der Waals surface area contributed by atoms with Gasteiger partial charge in [0.15, 0.2) is 0 Å². The number of aliphatic hydroxyl groups excluding tert-OH is 2. The first kappa shape index (κ1) is 33.6. The average Bonchev–Trinajstić information content (AvgIpc) is 3.76. The van der Waals surface area contributed by atoms with E-state index >= 15 is 0 Å². The molecule has 0 unspecified atom stereocenters. The summed E-state index contributed by atoms with van der Waals surface area (Å²) >= 11 is 1.86. The zero-order valence-electron chi connectivity index (χ0n) is 24.7. The third-order valence-electron chi connectivity index (χ3n) is 7.89. The zero-order valence-corrected chi connectivity index (χ0v) is 26.9. The number of nitrogens with one attached hydrogen (secondary N) is 1. The first-order valence-electron chi connectivity index (χ1n) is 15.4. The van der Waals surface area contributed by atoms with Crippen molar-refractivity contribution in [3.63, 3.8) is 0 Å². The van der Waals surface area contributed by atoms with E-state index in [0.29, 0.717) is 28.5 Å². The molecule has 0 radical (unpaired) electrons. The van der Waals surface area contributed by atoms with E-state index in [4.69, 9.17) is 19.0 Å². The number of aromatic nitrogens is 4. The molecule has 43 heavy (non-hydrogen) atoms. The second-order valence-electron chi connectivity index (χ2n) is 11.2. The van der Waals surface area contributed by atoms with E-state index < -0.39 is 17.5 Å². The first-order valence-corrected chi connectivity index (χ1v) is 16.5. The summed E-state index contributed by atoms with van der Waals surface area (Å²) in [7, 11) is 0. The number of nitrogens with zero attached hydrogens (tertiary/aromatic N) is 3. The Hall–Kier alpha value is -2.33. The van der Waals surface area contributed by atoms with Gasteiger partial charge in [-0.1, -0.05) is 51.9 Å². The highest BCUT2D eigenvalue weighted by Gasteiger charge is 2.28. The van der Waals surface area contributed by atoms with Gasteiger partial charge in [0.2, 0.25) is 5.71 Å². The van der Waals surface area contributed by atoms with Crippen LogP contribution in [-0.4, -0.2) is 54.7 Å². The average molecular weight is 715 g/mol. The van der Waals surface area contributed by atoms with Crippen molar-refractivity contribution in [1.29, 1.82) is 0 Å². The molecule has 12 nitrogen and oxygen atoms in total. The number of furan rings is 1. The molecule has 3 aromatic heterocycles. The summed E-state index contributed by atoms with van der Waals surface area (Å²) in [5.74, 6) is 0.890. The van der Waals surface area contributed by atoms with Crippen molar-refractivity contribution in [2.75, 3.05) is 13.2 Å². The summed E-state index contributed by atoms with van der Waals surface area (Å²) in [6.07, 6.45) is 16.0. The molecule has 0 aliphatic carbocycles. The zero-order chi connectivity index (χ0) is 30.8. The van der Waals surface area contributed by atoms with Crippen molar-refractivity contribution in [3.8, 4) is 0 Å². The highest BCUT2D eigenvalue weighted by Crippen LogP contribution is 2.28. The molecule has 0 spiro atoms. The number of aryl methyl sites for hydroxylation is 1. The number of H-pyrrole nitrogens is 1. The Morgan fingerprint density at radius 1 is 0.884 bits per heavy atom. The van der Waals surface area contributed by atoms with Crippen LogP contribution in [0.5, 0.6) is 0 Å². The first-order chi connectivity index (χ1) is 20.8. The Labute approximate surface area is 263 Å². The molecule has 0 aromatic carbocycles. The van der Waals surface area contributed by atoms with Crippen LogP contribution in [0, 0.1) is 3.57 Å². The van der Waals surface area contributed by atoms with Crippen LogP contribution in [-0.2, 0) is 15.9 Å². The molecule has 2 aliphatic heterocycles. The topological polar surface area (TPSA) is 162 Å². The van der Waals surface area contributed by atoms with Gasteiger partial charge in [0.25, 0.3) is 5.56 Å². The normalized spacial score (nSPS) is 21.8. The van der Waals surface area contributed by atoms with Gasteiger partial charge in [-0.25, -0.2) is 9.59 Å². The number of aliphatic hydroxyl groups is 2. The van der Waals surface area contributed by atoms with Crippen molar-refractivity contribution in [2.45, 2.75) is 115 Å². The lowest BCUT2D eigenvalue weighted by molar-refractivity contribution is -0.0247. The van der Waals surface area contributed by atoms with Crippen molar-refractivity contribution in [2.24, 2.45) is 0 Å². The molecule has 2 saturated heterocycles. The van der Waals surface area contributed by atoms with E-state index in [1.54, 1.807) is 6.20 Å². The van der Waals surface area contributed by atoms with E-state index in [2.05, 4.69) is 16.9 Å². The fourth-order valence-corrected chi connectivity index (χ4v) is 5.90. The largest absolute Gasteiger partial charge is 0.443 e. The van der Waals surface area contributed by atoms with Gasteiger partial charge in [0.05, 0.1) is 34.4 Å². The van der Waals surface area contributed by atoms with Crippen LogP contribution in [0.25, 0.3) is 11.1 Å². The minimum absolute atomic E-state index is 0.0185. The number of aromatic amines is 1. The van der Waals surface area contributed by atoms with Gasteiger partial charge < -0.3 is 24.1 Å². The Bertz CT molecular complexity index is 1480. The van der Waals surface area contributed by atoms with Crippen LogP contribution >= 0.6 is 22.6 Å². The third-order valence-corrected chi connectivity index (χ3v) is 8.65. The van der Waals surface area contributed by atoms with E-state index in [1.807, 2.05) is 28.7 Å². The van der Waals surface area contributed by atoms with Gasteiger partial charge in [-0.3, -0.25) is 18.9 Å². The molecule has 5 heterocycles. The third kappa shape index (κ3) is 9.33. The second-order valence-corrected chi connectivity index (χ2v) is 12.4. The van der Waals surface area contributed by atoms with Gasteiger partial charge >= 0.3 is 11.4 Å². The summed E-state index contributed by atoms with van der Waals surface area (Å²) in [6.45, 7) is 2.17. The number of fused-ring (bicyclic) bond motifs is 1. The fraction of sp³-hybridized carbons (Fsp3) is 0.667. The minimum Gasteiger partial charge on any atom is -0.443 e. The number of hydrogen-bond donors (Lipinski definition) is 3. The molecule has 5 rings (SSSR count). The molecule has 3 aromatic rings. The van der Waals surface area contributed by atoms with Crippen molar-refractivity contribution in [1.82, 2.24) is 19.1 Å². The predicted octanol–water partition coefficient (Wildman–Crippen LogP) is 4.15. The van der Waals surface area contributed by atoms with Gasteiger partial charge in [-0.2, -0.15) is 4.98 Å². The molecule has 238 valence electrons. The predicted molar refractivity (Wildman–Crippen MR) is 169 cm³/mol. The van der Waals surface area contributed by atoms with Crippen LogP contribution in [0.4, 0.5) is 0 Å². The molecule has 3 N–H and O–H groups in total. The standard InChI is InChI=1S/C21H32N2O4.C9H11IN2O4/c1-2-3-4-5-6-7-8-9-10-17-13-16-14-23(21(25)22-20(16)27-17)19-12-11-18(15-24)26-19;10-6-3-12(9(15)11-8(6)14)7-2-1-5(4-13)16-7/h13-14,18-19,24H,2-12,15H2,1H3;3,5,7,13H,1-2,4H2,(H,11,14,15)/t18-,19+;5-,7+/m11/s1. The lowest BCUT2D eigenvalue weighted by atomic mass is 10.1. The molecule has 0 saturated carbocycles. The molecule has 2 aliphatic rings. The van der Waals surface area contributed by atoms with Crippen LogP contribution in [0.15, 0.2) is 37.3 Å². The molecule has 0 bridgehead atoms. The molecule has 13 heteroatoms. The number of unbranched alkanes of at least 4 members (excludes halogenated alkanes) is 7. The number of ether oxygens (including phenoxy) is 2. The van der Waals surface area contributed by atoms with Crippen molar-refractivity contribution >= 4 is 33.7 Å². The Morgan fingerprint density at radius 3 is 2.09 bits per heavy atom. The Kier molecular flexibility index (Phi) is 13.0. The molecular formula is C30H43IN4O8. The molecular weight excluding hydrogens is 671 g/mol. The maximum atomic E-state index is 12.3. The SMILES string of the molecule is CCCCCCCCCCc1cc2cn([C@@H]3CC[C@H](CO)O3)c(=O)nc2o1.O=c1[nH]c(=O)n([C@@H]2CC[C@H](CO)O2)cc1I. The van der Waals surface area contributed by atoms with Gasteiger partial charge in [0.1, 0.15) is 18.2 Å². The van der Waals surface area contributed by atoms with E-state index in [9.17, 15) is 19.5 Å². The number of rotatable bonds is 13.